The van der Waals surface area contributed by atoms with Crippen molar-refractivity contribution in [3.8, 4) is 5.75 Å². The lowest BCUT2D eigenvalue weighted by Crippen LogP contribution is -2.39. The van der Waals surface area contributed by atoms with Crippen molar-refractivity contribution in [1.82, 2.24) is 4.31 Å². The van der Waals surface area contributed by atoms with Gasteiger partial charge in [-0.3, -0.25) is 9.59 Å². The Balaban J connectivity index is 3.24. The topological polar surface area (TPSA) is 121 Å². The Kier molecular flexibility index (Phi) is 5.28. The fourth-order valence-corrected chi connectivity index (χ4v) is 3.11. The summed E-state index contributed by atoms with van der Waals surface area (Å²) in [6, 6.07) is 3.95. The van der Waals surface area contributed by atoms with Crippen molar-refractivity contribution < 1.29 is 33.0 Å². The summed E-state index contributed by atoms with van der Waals surface area (Å²) < 4.78 is 30.0. The molecule has 0 aromatic heterocycles. The lowest BCUT2D eigenvalue weighted by atomic mass is 10.2. The number of carboxylic acids is 2. The van der Waals surface area contributed by atoms with Crippen LogP contribution in [0, 0.1) is 6.92 Å². The number of hydrogen-bond donors (Lipinski definition) is 2. The van der Waals surface area contributed by atoms with Crippen molar-refractivity contribution >= 4 is 22.0 Å². The van der Waals surface area contributed by atoms with Crippen molar-refractivity contribution in [2.45, 2.75) is 11.8 Å². The maximum atomic E-state index is 12.3. The molecular weight excluding hydrogens is 302 g/mol. The van der Waals surface area contributed by atoms with Gasteiger partial charge in [-0.05, 0) is 30.7 Å². The van der Waals surface area contributed by atoms with Crippen LogP contribution in [0.2, 0.25) is 0 Å². The fraction of sp³-hybridized carbons (Fsp3) is 0.333. The second-order valence-corrected chi connectivity index (χ2v) is 6.13. The van der Waals surface area contributed by atoms with Gasteiger partial charge in [0.05, 0.1) is 12.0 Å². The highest BCUT2D eigenvalue weighted by Crippen LogP contribution is 2.23. The third-order valence-electron chi connectivity index (χ3n) is 2.63. The molecule has 0 fully saturated rings. The number of ether oxygens (including phenoxy) is 1. The Morgan fingerprint density at radius 3 is 2.10 bits per heavy atom. The molecule has 0 unspecified atom stereocenters. The van der Waals surface area contributed by atoms with Crippen molar-refractivity contribution in [3.05, 3.63) is 23.8 Å². The highest BCUT2D eigenvalue weighted by atomic mass is 32.2. The van der Waals surface area contributed by atoms with Crippen molar-refractivity contribution in [2.75, 3.05) is 20.2 Å². The molecule has 0 amide bonds. The normalized spacial score (nSPS) is 11.4. The van der Waals surface area contributed by atoms with Gasteiger partial charge in [0, 0.05) is 0 Å². The van der Waals surface area contributed by atoms with Gasteiger partial charge in [-0.1, -0.05) is 0 Å². The van der Waals surface area contributed by atoms with Crippen LogP contribution in [-0.2, 0) is 19.6 Å². The van der Waals surface area contributed by atoms with E-state index in [0.29, 0.717) is 15.6 Å². The summed E-state index contributed by atoms with van der Waals surface area (Å²) in [4.78, 5) is 21.2. The number of sulfonamides is 1. The number of carboxylic acid groups (broad SMARTS) is 2. The first-order valence-electron chi connectivity index (χ1n) is 5.77. The molecule has 0 heterocycles. The standard InChI is InChI=1S/C12H15NO7S/c1-8-5-9(3-4-10(8)20-2)21(18,19)13(6-11(14)15)7-12(16)17/h3-5H,6-7H2,1-2H3,(H,14,15)(H,16,17). The zero-order chi connectivity index (χ0) is 16.2. The molecule has 21 heavy (non-hydrogen) atoms. The Bertz CT molecular complexity index is 638. The summed E-state index contributed by atoms with van der Waals surface area (Å²) >= 11 is 0. The molecule has 0 spiro atoms. The quantitative estimate of drug-likeness (QED) is 0.734. The van der Waals surface area contributed by atoms with E-state index in [4.69, 9.17) is 14.9 Å². The largest absolute Gasteiger partial charge is 0.496 e. The predicted octanol–water partition coefficient (Wildman–Crippen LogP) is 0.164. The van der Waals surface area contributed by atoms with Gasteiger partial charge in [-0.25, -0.2) is 8.42 Å². The molecule has 1 rings (SSSR count). The van der Waals surface area contributed by atoms with Gasteiger partial charge >= 0.3 is 11.9 Å². The molecule has 0 atom stereocenters. The number of aliphatic carboxylic acids is 2. The van der Waals surface area contributed by atoms with Crippen LogP contribution in [0.1, 0.15) is 5.56 Å². The third kappa shape index (κ3) is 4.17. The van der Waals surface area contributed by atoms with Crippen LogP contribution in [0.15, 0.2) is 23.1 Å². The average Bonchev–Trinajstić information content (AvgIpc) is 2.36. The summed E-state index contributed by atoms with van der Waals surface area (Å²) in [5.41, 5.74) is 0.532. The summed E-state index contributed by atoms with van der Waals surface area (Å²) in [6.45, 7) is -0.240. The Morgan fingerprint density at radius 1 is 1.19 bits per heavy atom. The van der Waals surface area contributed by atoms with Gasteiger partial charge in [0.25, 0.3) is 0 Å². The van der Waals surface area contributed by atoms with Gasteiger partial charge in [0.1, 0.15) is 18.8 Å². The van der Waals surface area contributed by atoms with Crippen molar-refractivity contribution in [3.63, 3.8) is 0 Å². The van der Waals surface area contributed by atoms with E-state index in [2.05, 4.69) is 0 Å². The van der Waals surface area contributed by atoms with Gasteiger partial charge in [-0.2, -0.15) is 4.31 Å². The number of methoxy groups -OCH3 is 1. The van der Waals surface area contributed by atoms with Crippen LogP contribution in [0.25, 0.3) is 0 Å². The Morgan fingerprint density at radius 2 is 1.71 bits per heavy atom. The van der Waals surface area contributed by atoms with Gasteiger partial charge in [0.2, 0.25) is 10.0 Å². The molecule has 8 nitrogen and oxygen atoms in total. The smallest absolute Gasteiger partial charge is 0.318 e. The molecule has 0 saturated heterocycles. The predicted molar refractivity (Wildman–Crippen MR) is 71.8 cm³/mol. The number of aryl methyl sites for hydroxylation is 1. The minimum Gasteiger partial charge on any atom is -0.496 e. The van der Waals surface area contributed by atoms with E-state index < -0.39 is 35.1 Å². The molecular formula is C12H15NO7S. The van der Waals surface area contributed by atoms with Crippen LogP contribution < -0.4 is 4.74 Å². The van der Waals surface area contributed by atoms with Gasteiger partial charge < -0.3 is 14.9 Å². The van der Waals surface area contributed by atoms with E-state index >= 15 is 0 Å². The first kappa shape index (κ1) is 16.9. The monoisotopic (exact) mass is 317 g/mol. The molecule has 0 radical (unpaired) electrons. The van der Waals surface area contributed by atoms with Crippen LogP contribution in [0.4, 0.5) is 0 Å². The number of carbonyl (C=O) groups is 2. The zero-order valence-corrected chi connectivity index (χ0v) is 12.3. The second-order valence-electron chi connectivity index (χ2n) is 4.19. The lowest BCUT2D eigenvalue weighted by Gasteiger charge is -2.19. The average molecular weight is 317 g/mol. The summed E-state index contributed by atoms with van der Waals surface area (Å²) in [5, 5.41) is 17.4. The van der Waals surface area contributed by atoms with Crippen LogP contribution in [0.3, 0.4) is 0 Å². The molecule has 1 aromatic rings. The van der Waals surface area contributed by atoms with Crippen LogP contribution >= 0.6 is 0 Å². The number of nitrogens with zero attached hydrogens (tertiary/aromatic N) is 1. The van der Waals surface area contributed by atoms with E-state index in [1.807, 2.05) is 0 Å². The number of hydrogen-bond acceptors (Lipinski definition) is 5. The van der Waals surface area contributed by atoms with Crippen molar-refractivity contribution in [2.24, 2.45) is 0 Å². The summed E-state index contributed by atoms with van der Waals surface area (Å²) in [7, 11) is -2.79. The van der Waals surface area contributed by atoms with Gasteiger partial charge in [0.15, 0.2) is 0 Å². The Labute approximate surface area is 121 Å². The highest BCUT2D eigenvalue weighted by molar-refractivity contribution is 7.89. The zero-order valence-electron chi connectivity index (χ0n) is 11.4. The highest BCUT2D eigenvalue weighted by Gasteiger charge is 2.28. The fourth-order valence-electron chi connectivity index (χ4n) is 1.69. The minimum atomic E-state index is -4.22. The minimum absolute atomic E-state index is 0.191. The first-order valence-corrected chi connectivity index (χ1v) is 7.21. The molecule has 9 heteroatoms. The maximum Gasteiger partial charge on any atom is 0.318 e. The summed E-state index contributed by atoms with van der Waals surface area (Å²) in [5.74, 6) is -2.41. The molecule has 0 aliphatic heterocycles. The molecule has 0 aliphatic rings. The molecule has 0 aliphatic carbocycles. The molecule has 0 saturated carbocycles. The maximum absolute atomic E-state index is 12.3. The van der Waals surface area contributed by atoms with E-state index in [9.17, 15) is 18.0 Å². The second kappa shape index (κ2) is 6.55. The summed E-state index contributed by atoms with van der Waals surface area (Å²) in [6.07, 6.45) is 0. The molecule has 1 aromatic carbocycles. The van der Waals surface area contributed by atoms with Crippen molar-refractivity contribution in [1.29, 1.82) is 0 Å². The van der Waals surface area contributed by atoms with E-state index in [0.717, 1.165) is 0 Å². The lowest BCUT2D eigenvalue weighted by molar-refractivity contribution is -0.139. The van der Waals surface area contributed by atoms with Crippen LogP contribution in [0.5, 0.6) is 5.75 Å². The molecule has 2 N–H and O–H groups in total. The number of benzene rings is 1. The molecule has 116 valence electrons. The van der Waals surface area contributed by atoms with E-state index in [1.54, 1.807) is 6.92 Å². The number of rotatable bonds is 7. The molecule has 0 bridgehead atoms. The Hall–Kier alpha value is -2.13. The third-order valence-corrected chi connectivity index (χ3v) is 4.42. The van der Waals surface area contributed by atoms with E-state index in [1.165, 1.54) is 25.3 Å². The van der Waals surface area contributed by atoms with Crippen LogP contribution in [-0.4, -0.2) is 55.1 Å². The first-order chi connectivity index (χ1) is 9.68. The SMILES string of the molecule is COc1ccc(S(=O)(=O)N(CC(=O)O)CC(=O)O)cc1C. The van der Waals surface area contributed by atoms with E-state index in [-0.39, 0.29) is 4.90 Å². The van der Waals surface area contributed by atoms with Gasteiger partial charge in [-0.15, -0.1) is 0 Å².